The standard InChI is InChI=1S/C19H25N5O2/c25-19(21-9-8-16-4-2-1-3-5-16)17-6-7-18(23-22-17)20-10-11-24-12-14-26-15-13-24/h1-7H,8-15H2,(H,20,23)(H,21,25). The highest BCUT2D eigenvalue weighted by Crippen LogP contribution is 2.03. The van der Waals surface area contributed by atoms with Crippen LogP contribution in [0.5, 0.6) is 0 Å². The lowest BCUT2D eigenvalue weighted by atomic mass is 10.1. The topological polar surface area (TPSA) is 79.4 Å². The molecule has 0 saturated carbocycles. The maximum absolute atomic E-state index is 12.1. The number of nitrogens with one attached hydrogen (secondary N) is 2. The van der Waals surface area contributed by atoms with Crippen LogP contribution in [0.2, 0.25) is 0 Å². The van der Waals surface area contributed by atoms with Crippen LogP contribution in [-0.2, 0) is 11.2 Å². The molecule has 1 aromatic carbocycles. The number of morpholine rings is 1. The van der Waals surface area contributed by atoms with E-state index >= 15 is 0 Å². The summed E-state index contributed by atoms with van der Waals surface area (Å²) in [5.74, 6) is 0.479. The molecule has 0 unspecified atom stereocenters. The Bertz CT molecular complexity index is 672. The lowest BCUT2D eigenvalue weighted by molar-refractivity contribution is 0.0398. The van der Waals surface area contributed by atoms with Crippen molar-refractivity contribution in [3.05, 3.63) is 53.7 Å². The summed E-state index contributed by atoms with van der Waals surface area (Å²) >= 11 is 0. The third-order valence-electron chi connectivity index (χ3n) is 4.28. The number of aromatic nitrogens is 2. The minimum Gasteiger partial charge on any atom is -0.379 e. The molecule has 26 heavy (non-hydrogen) atoms. The molecule has 7 nitrogen and oxygen atoms in total. The van der Waals surface area contributed by atoms with E-state index in [1.165, 1.54) is 5.56 Å². The van der Waals surface area contributed by atoms with Gasteiger partial charge in [0.1, 0.15) is 5.82 Å². The van der Waals surface area contributed by atoms with Gasteiger partial charge in [0.2, 0.25) is 0 Å². The number of carbonyl (C=O) groups is 1. The Kier molecular flexibility index (Phi) is 6.92. The van der Waals surface area contributed by atoms with Crippen LogP contribution in [0.1, 0.15) is 16.1 Å². The van der Waals surface area contributed by atoms with Crippen molar-refractivity contribution in [2.24, 2.45) is 0 Å². The van der Waals surface area contributed by atoms with E-state index in [0.717, 1.165) is 45.8 Å². The van der Waals surface area contributed by atoms with E-state index in [1.807, 2.05) is 30.3 Å². The summed E-state index contributed by atoms with van der Waals surface area (Å²) in [6.45, 7) is 5.83. The maximum atomic E-state index is 12.1. The monoisotopic (exact) mass is 355 g/mol. The molecule has 2 heterocycles. The van der Waals surface area contributed by atoms with E-state index in [-0.39, 0.29) is 5.91 Å². The largest absolute Gasteiger partial charge is 0.379 e. The van der Waals surface area contributed by atoms with Gasteiger partial charge in [-0.3, -0.25) is 9.69 Å². The van der Waals surface area contributed by atoms with E-state index in [4.69, 9.17) is 4.74 Å². The highest BCUT2D eigenvalue weighted by atomic mass is 16.5. The number of nitrogens with zero attached hydrogens (tertiary/aromatic N) is 3. The van der Waals surface area contributed by atoms with Gasteiger partial charge in [0, 0.05) is 32.7 Å². The van der Waals surface area contributed by atoms with Crippen molar-refractivity contribution in [3.63, 3.8) is 0 Å². The molecule has 7 heteroatoms. The van der Waals surface area contributed by atoms with Crippen molar-refractivity contribution in [1.82, 2.24) is 20.4 Å². The van der Waals surface area contributed by atoms with E-state index in [0.29, 0.717) is 18.1 Å². The molecule has 3 rings (SSSR count). The first-order valence-corrected chi connectivity index (χ1v) is 9.01. The Hall–Kier alpha value is -2.51. The summed E-state index contributed by atoms with van der Waals surface area (Å²) < 4.78 is 5.33. The minimum absolute atomic E-state index is 0.201. The minimum atomic E-state index is -0.201. The average molecular weight is 355 g/mol. The third-order valence-corrected chi connectivity index (χ3v) is 4.28. The Labute approximate surface area is 153 Å². The molecule has 2 N–H and O–H groups in total. The smallest absolute Gasteiger partial charge is 0.271 e. The number of ether oxygens (including phenoxy) is 1. The zero-order valence-electron chi connectivity index (χ0n) is 14.9. The zero-order chi connectivity index (χ0) is 18.0. The van der Waals surface area contributed by atoms with Crippen LogP contribution in [0.15, 0.2) is 42.5 Å². The second kappa shape index (κ2) is 9.84. The van der Waals surface area contributed by atoms with E-state index in [1.54, 1.807) is 12.1 Å². The van der Waals surface area contributed by atoms with Gasteiger partial charge in [-0.15, -0.1) is 10.2 Å². The van der Waals surface area contributed by atoms with Gasteiger partial charge in [0.15, 0.2) is 5.69 Å². The molecule has 0 aliphatic carbocycles. The van der Waals surface area contributed by atoms with Crippen LogP contribution < -0.4 is 10.6 Å². The summed E-state index contributed by atoms with van der Waals surface area (Å²) in [6, 6.07) is 13.5. The van der Waals surface area contributed by atoms with E-state index < -0.39 is 0 Å². The van der Waals surface area contributed by atoms with Crippen molar-refractivity contribution < 1.29 is 9.53 Å². The molecule has 2 aromatic rings. The van der Waals surface area contributed by atoms with Crippen molar-refractivity contribution >= 4 is 11.7 Å². The van der Waals surface area contributed by atoms with Gasteiger partial charge >= 0.3 is 0 Å². The van der Waals surface area contributed by atoms with Crippen molar-refractivity contribution in [3.8, 4) is 0 Å². The number of hydrogen-bond donors (Lipinski definition) is 2. The van der Waals surface area contributed by atoms with Gasteiger partial charge < -0.3 is 15.4 Å². The fourth-order valence-electron chi connectivity index (χ4n) is 2.77. The first-order chi connectivity index (χ1) is 12.8. The maximum Gasteiger partial charge on any atom is 0.271 e. The molecule has 0 atom stereocenters. The Morgan fingerprint density at radius 3 is 2.58 bits per heavy atom. The number of rotatable bonds is 8. The number of benzene rings is 1. The van der Waals surface area contributed by atoms with Crippen molar-refractivity contribution in [1.29, 1.82) is 0 Å². The number of anilines is 1. The summed E-state index contributed by atoms with van der Waals surface area (Å²) in [7, 11) is 0. The van der Waals surface area contributed by atoms with Crippen LogP contribution in [-0.4, -0.2) is 66.9 Å². The molecule has 1 aromatic heterocycles. The summed E-state index contributed by atoms with van der Waals surface area (Å²) in [5, 5.41) is 14.2. The highest BCUT2D eigenvalue weighted by Gasteiger charge is 2.10. The molecule has 1 fully saturated rings. The van der Waals surface area contributed by atoms with Gasteiger partial charge in [0.05, 0.1) is 13.2 Å². The molecule has 1 aliphatic heterocycles. The van der Waals surface area contributed by atoms with Crippen LogP contribution in [0.3, 0.4) is 0 Å². The molecule has 0 bridgehead atoms. The summed E-state index contributed by atoms with van der Waals surface area (Å²) in [4.78, 5) is 14.5. The fraction of sp³-hybridized carbons (Fsp3) is 0.421. The van der Waals surface area contributed by atoms with Crippen LogP contribution in [0.4, 0.5) is 5.82 Å². The highest BCUT2D eigenvalue weighted by molar-refractivity contribution is 5.92. The number of hydrogen-bond acceptors (Lipinski definition) is 6. The summed E-state index contributed by atoms with van der Waals surface area (Å²) in [5.41, 5.74) is 1.52. The van der Waals surface area contributed by atoms with Crippen molar-refractivity contribution in [2.45, 2.75) is 6.42 Å². The van der Waals surface area contributed by atoms with Crippen LogP contribution >= 0.6 is 0 Å². The predicted molar refractivity (Wildman–Crippen MR) is 100 cm³/mol. The third kappa shape index (κ3) is 5.79. The fourth-order valence-corrected chi connectivity index (χ4v) is 2.77. The second-order valence-electron chi connectivity index (χ2n) is 6.18. The second-order valence-corrected chi connectivity index (χ2v) is 6.18. The lowest BCUT2D eigenvalue weighted by Gasteiger charge is -2.26. The Balaban J connectivity index is 1.38. The lowest BCUT2D eigenvalue weighted by Crippen LogP contribution is -2.39. The van der Waals surface area contributed by atoms with Crippen molar-refractivity contribution in [2.75, 3.05) is 51.3 Å². The van der Waals surface area contributed by atoms with Crippen LogP contribution in [0.25, 0.3) is 0 Å². The van der Waals surface area contributed by atoms with E-state index in [9.17, 15) is 4.79 Å². The van der Waals surface area contributed by atoms with Gasteiger partial charge in [0.25, 0.3) is 5.91 Å². The average Bonchev–Trinajstić information content (AvgIpc) is 2.70. The Morgan fingerprint density at radius 1 is 1.04 bits per heavy atom. The van der Waals surface area contributed by atoms with Gasteiger partial charge in [-0.05, 0) is 24.1 Å². The molecule has 0 spiro atoms. The molecule has 1 saturated heterocycles. The first-order valence-electron chi connectivity index (χ1n) is 9.01. The summed E-state index contributed by atoms with van der Waals surface area (Å²) in [6.07, 6.45) is 0.793. The van der Waals surface area contributed by atoms with E-state index in [2.05, 4.69) is 25.7 Å². The Morgan fingerprint density at radius 2 is 1.85 bits per heavy atom. The normalized spacial score (nSPS) is 14.8. The molecule has 0 radical (unpaired) electrons. The molecule has 138 valence electrons. The number of amides is 1. The van der Waals surface area contributed by atoms with Crippen LogP contribution in [0, 0.1) is 0 Å². The number of carbonyl (C=O) groups excluding carboxylic acids is 1. The SMILES string of the molecule is O=C(NCCc1ccccc1)c1ccc(NCCN2CCOCC2)nn1. The van der Waals surface area contributed by atoms with Gasteiger partial charge in [-0.1, -0.05) is 30.3 Å². The first kappa shape index (κ1) is 18.3. The molecule has 1 aliphatic rings. The molecular formula is C19H25N5O2. The molecule has 1 amide bonds. The van der Waals surface area contributed by atoms with Gasteiger partial charge in [-0.2, -0.15) is 0 Å². The molecular weight excluding hydrogens is 330 g/mol. The predicted octanol–water partition coefficient (Wildman–Crippen LogP) is 1.19. The van der Waals surface area contributed by atoms with Gasteiger partial charge in [-0.25, -0.2) is 0 Å². The zero-order valence-corrected chi connectivity index (χ0v) is 14.9. The quantitative estimate of drug-likeness (QED) is 0.741.